The summed E-state index contributed by atoms with van der Waals surface area (Å²) in [4.78, 5) is 0. The van der Waals surface area contributed by atoms with Crippen molar-refractivity contribution in [3.05, 3.63) is 34.9 Å². The normalized spacial score (nSPS) is 24.9. The molecule has 1 aromatic rings. The number of hydrogen-bond donors (Lipinski definition) is 0. The molecule has 0 N–H and O–H groups in total. The van der Waals surface area contributed by atoms with E-state index in [1.54, 1.807) is 0 Å². The van der Waals surface area contributed by atoms with Crippen LogP contribution in [0.5, 0.6) is 0 Å². The molecule has 82 valence electrons. The van der Waals surface area contributed by atoms with Crippen LogP contribution < -0.4 is 0 Å². The summed E-state index contributed by atoms with van der Waals surface area (Å²) >= 11 is 0. The molecule has 1 heterocycles. The van der Waals surface area contributed by atoms with Crippen molar-refractivity contribution in [1.29, 1.82) is 0 Å². The van der Waals surface area contributed by atoms with Crippen molar-refractivity contribution in [3.63, 3.8) is 0 Å². The molecular weight excluding hydrogens is 277 g/mol. The molecule has 0 atom stereocenters. The van der Waals surface area contributed by atoms with Gasteiger partial charge in [-0.05, 0) is 0 Å². The second-order valence-electron chi connectivity index (χ2n) is 4.34. The standard InChI is InChI=1S/C13H17O2.Y/c1-9-7-14-13(15-8-9)12-5-4-10(2)11(3)6-12;/h5-6,9,13H,7-8H2,1-3H3;/q-1;+3. The summed E-state index contributed by atoms with van der Waals surface area (Å²) in [5, 5.41) is 0. The Balaban J connectivity index is 0.00000128. The topological polar surface area (TPSA) is 18.5 Å². The molecule has 0 spiro atoms. The fourth-order valence-corrected chi connectivity index (χ4v) is 1.63. The van der Waals surface area contributed by atoms with Crippen molar-refractivity contribution in [2.24, 2.45) is 5.92 Å². The van der Waals surface area contributed by atoms with E-state index in [1.807, 2.05) is 6.07 Å². The second kappa shape index (κ2) is 6.25. The fourth-order valence-electron chi connectivity index (χ4n) is 1.63. The Bertz CT molecular complexity index is 344. The fraction of sp³-hybridized carbons (Fsp3) is 0.538. The maximum absolute atomic E-state index is 5.63. The van der Waals surface area contributed by atoms with E-state index < -0.39 is 0 Å². The summed E-state index contributed by atoms with van der Waals surface area (Å²) in [7, 11) is 0. The maximum Gasteiger partial charge on any atom is 3.00 e. The molecule has 1 saturated heterocycles. The van der Waals surface area contributed by atoms with Crippen LogP contribution in [-0.4, -0.2) is 13.2 Å². The van der Waals surface area contributed by atoms with Crippen molar-refractivity contribution >= 4 is 0 Å². The van der Waals surface area contributed by atoms with Gasteiger partial charge in [0.25, 0.3) is 0 Å². The van der Waals surface area contributed by atoms with E-state index >= 15 is 0 Å². The third-order valence-electron chi connectivity index (χ3n) is 2.77. The SMILES string of the molecule is Cc1[c-]cc(C2OCC(C)CO2)cc1C.[Y+3]. The summed E-state index contributed by atoms with van der Waals surface area (Å²) in [6, 6.07) is 7.30. The van der Waals surface area contributed by atoms with Gasteiger partial charge in [-0.25, -0.2) is 0 Å². The molecular formula is C13H17O2Y+2. The zero-order chi connectivity index (χ0) is 10.8. The van der Waals surface area contributed by atoms with Crippen LogP contribution in [0.4, 0.5) is 0 Å². The Hall–Kier alpha value is 0.244. The predicted molar refractivity (Wildman–Crippen MR) is 58.6 cm³/mol. The van der Waals surface area contributed by atoms with Crippen molar-refractivity contribution in [1.82, 2.24) is 0 Å². The van der Waals surface area contributed by atoms with Gasteiger partial charge in [0.2, 0.25) is 0 Å². The third-order valence-corrected chi connectivity index (χ3v) is 2.77. The maximum atomic E-state index is 5.63. The number of hydrogen-bond acceptors (Lipinski definition) is 2. The minimum Gasteiger partial charge on any atom is -0.359 e. The Kier molecular flexibility index (Phi) is 5.59. The Morgan fingerprint density at radius 3 is 2.44 bits per heavy atom. The van der Waals surface area contributed by atoms with Crippen LogP contribution in [0.1, 0.15) is 29.9 Å². The van der Waals surface area contributed by atoms with Gasteiger partial charge in [-0.2, -0.15) is 29.3 Å². The molecule has 1 aliphatic heterocycles. The first kappa shape index (κ1) is 14.3. The van der Waals surface area contributed by atoms with Crippen LogP contribution in [0.2, 0.25) is 0 Å². The van der Waals surface area contributed by atoms with Crippen molar-refractivity contribution < 1.29 is 42.2 Å². The third kappa shape index (κ3) is 3.37. The van der Waals surface area contributed by atoms with Gasteiger partial charge < -0.3 is 9.47 Å². The molecule has 1 aromatic carbocycles. The molecule has 16 heavy (non-hydrogen) atoms. The molecule has 1 fully saturated rings. The van der Waals surface area contributed by atoms with Crippen LogP contribution in [0.25, 0.3) is 0 Å². The van der Waals surface area contributed by atoms with Gasteiger partial charge in [-0.15, -0.1) is 5.56 Å². The van der Waals surface area contributed by atoms with Crippen molar-refractivity contribution in [2.45, 2.75) is 27.1 Å². The van der Waals surface area contributed by atoms with Gasteiger partial charge in [-0.1, -0.05) is 20.8 Å². The van der Waals surface area contributed by atoms with Crippen molar-refractivity contribution in [2.75, 3.05) is 13.2 Å². The Labute approximate surface area is 123 Å². The van der Waals surface area contributed by atoms with E-state index in [2.05, 4.69) is 32.9 Å². The molecule has 3 heteroatoms. The zero-order valence-electron chi connectivity index (χ0n) is 10.1. The molecule has 0 saturated carbocycles. The number of aryl methyl sites for hydroxylation is 2. The summed E-state index contributed by atoms with van der Waals surface area (Å²) in [5.41, 5.74) is 3.49. The first-order valence-electron chi connectivity index (χ1n) is 5.39. The van der Waals surface area contributed by atoms with Crippen LogP contribution in [0.15, 0.2) is 12.1 Å². The van der Waals surface area contributed by atoms with Crippen LogP contribution in [-0.2, 0) is 42.2 Å². The molecule has 2 nitrogen and oxygen atoms in total. The molecule has 0 bridgehead atoms. The summed E-state index contributed by atoms with van der Waals surface area (Å²) in [6.45, 7) is 7.82. The van der Waals surface area contributed by atoms with Crippen LogP contribution >= 0.6 is 0 Å². The van der Waals surface area contributed by atoms with Gasteiger partial charge in [0.1, 0.15) is 6.29 Å². The molecule has 0 aliphatic carbocycles. The van der Waals surface area contributed by atoms with E-state index in [0.717, 1.165) is 18.8 Å². The average molecular weight is 294 g/mol. The van der Waals surface area contributed by atoms with Gasteiger partial charge in [0.05, 0.1) is 13.2 Å². The minimum atomic E-state index is -0.197. The minimum absolute atomic E-state index is 0. The smallest absolute Gasteiger partial charge is 0.359 e. The predicted octanol–water partition coefficient (Wildman–Crippen LogP) is 2.78. The number of rotatable bonds is 1. The molecule has 2 rings (SSSR count). The first-order valence-corrected chi connectivity index (χ1v) is 5.39. The second-order valence-corrected chi connectivity index (χ2v) is 4.34. The average Bonchev–Trinajstić information content (AvgIpc) is 2.23. The van der Waals surface area contributed by atoms with Crippen LogP contribution in [0, 0.1) is 25.8 Å². The molecule has 0 radical (unpaired) electrons. The number of ether oxygens (including phenoxy) is 2. The van der Waals surface area contributed by atoms with E-state index in [9.17, 15) is 0 Å². The van der Waals surface area contributed by atoms with Crippen molar-refractivity contribution in [3.8, 4) is 0 Å². The first-order chi connectivity index (χ1) is 7.16. The zero-order valence-corrected chi connectivity index (χ0v) is 13.0. The summed E-state index contributed by atoms with van der Waals surface area (Å²) < 4.78 is 11.3. The quantitative estimate of drug-likeness (QED) is 0.742. The summed E-state index contributed by atoms with van der Waals surface area (Å²) in [5.74, 6) is 0.497. The van der Waals surface area contributed by atoms with E-state index in [4.69, 9.17) is 9.47 Å². The van der Waals surface area contributed by atoms with Gasteiger partial charge >= 0.3 is 32.7 Å². The monoisotopic (exact) mass is 294 g/mol. The summed E-state index contributed by atoms with van der Waals surface area (Å²) in [6.07, 6.45) is -0.197. The molecule has 0 unspecified atom stereocenters. The Morgan fingerprint density at radius 1 is 1.25 bits per heavy atom. The van der Waals surface area contributed by atoms with Gasteiger partial charge in [0.15, 0.2) is 0 Å². The van der Waals surface area contributed by atoms with E-state index in [-0.39, 0.29) is 39.0 Å². The van der Waals surface area contributed by atoms with E-state index in [0.29, 0.717) is 5.92 Å². The van der Waals surface area contributed by atoms with Gasteiger partial charge in [-0.3, -0.25) is 0 Å². The Morgan fingerprint density at radius 2 is 1.88 bits per heavy atom. The molecule has 1 aliphatic rings. The molecule has 0 amide bonds. The largest absolute Gasteiger partial charge is 3.00 e. The van der Waals surface area contributed by atoms with Crippen LogP contribution in [0.3, 0.4) is 0 Å². The molecule has 0 aromatic heterocycles. The van der Waals surface area contributed by atoms with Gasteiger partial charge in [0, 0.05) is 5.92 Å². The van der Waals surface area contributed by atoms with E-state index in [1.165, 1.54) is 11.1 Å². The number of benzene rings is 1.